The highest BCUT2D eigenvalue weighted by Crippen LogP contribution is 2.36. The van der Waals surface area contributed by atoms with Crippen LogP contribution in [0.3, 0.4) is 0 Å². The molecule has 36 heavy (non-hydrogen) atoms. The third kappa shape index (κ3) is 4.37. The zero-order valence-electron chi connectivity index (χ0n) is 19.8. The van der Waals surface area contributed by atoms with Crippen LogP contribution in [0.5, 0.6) is 11.5 Å². The van der Waals surface area contributed by atoms with Gasteiger partial charge in [-0.1, -0.05) is 24.3 Å². The molecule has 0 aliphatic carbocycles. The third-order valence-corrected chi connectivity index (χ3v) is 7.72. The molecule has 0 saturated heterocycles. The number of nitrogens with zero attached hydrogens (tertiary/aromatic N) is 3. The standard InChI is InChI=1S/C28H23N3O4S/c1-19-8-10-24(14-20(19)2)36(32,33)25(17-29)15-22-18-31(23-6-4-3-5-7-23)30-28(22)21-9-11-26-27(16-21)35-13-12-34-26/h3-11,14-16,18H,12-13H2,1-2H3/b25-15+. The van der Waals surface area contributed by atoms with Crippen LogP contribution in [-0.4, -0.2) is 31.4 Å². The van der Waals surface area contributed by atoms with Gasteiger partial charge in [-0.3, -0.25) is 0 Å². The summed E-state index contributed by atoms with van der Waals surface area (Å²) < 4.78 is 39.8. The van der Waals surface area contributed by atoms with Crippen LogP contribution in [0.15, 0.2) is 82.7 Å². The summed E-state index contributed by atoms with van der Waals surface area (Å²) in [4.78, 5) is -0.285. The van der Waals surface area contributed by atoms with Gasteiger partial charge >= 0.3 is 0 Å². The van der Waals surface area contributed by atoms with Gasteiger partial charge in [-0.05, 0) is 73.5 Å². The van der Waals surface area contributed by atoms with Crippen molar-refractivity contribution in [1.82, 2.24) is 9.78 Å². The Morgan fingerprint density at radius 1 is 0.972 bits per heavy atom. The van der Waals surface area contributed by atoms with E-state index in [1.54, 1.807) is 29.1 Å². The van der Waals surface area contributed by atoms with Crippen molar-refractivity contribution in [2.24, 2.45) is 0 Å². The molecule has 0 unspecified atom stereocenters. The van der Waals surface area contributed by atoms with Crippen LogP contribution < -0.4 is 9.47 Å². The second-order valence-corrected chi connectivity index (χ2v) is 10.4. The number of aromatic nitrogens is 2. The van der Waals surface area contributed by atoms with E-state index >= 15 is 0 Å². The van der Waals surface area contributed by atoms with E-state index in [0.29, 0.717) is 41.5 Å². The summed E-state index contributed by atoms with van der Waals surface area (Å²) in [7, 11) is -4.04. The average molecular weight is 498 g/mol. The molecule has 1 aliphatic heterocycles. The van der Waals surface area contributed by atoms with Gasteiger partial charge in [0.1, 0.15) is 29.9 Å². The Labute approximate surface area is 209 Å². The summed E-state index contributed by atoms with van der Waals surface area (Å²) in [6.07, 6.45) is 3.10. The Hall–Kier alpha value is -4.35. The quantitative estimate of drug-likeness (QED) is 0.349. The summed E-state index contributed by atoms with van der Waals surface area (Å²) in [6, 6.07) is 21.7. The second-order valence-electron chi connectivity index (χ2n) is 8.44. The minimum atomic E-state index is -4.04. The molecule has 1 aromatic heterocycles. The van der Waals surface area contributed by atoms with Crippen molar-refractivity contribution >= 4 is 15.9 Å². The highest BCUT2D eigenvalue weighted by atomic mass is 32.2. The van der Waals surface area contributed by atoms with Gasteiger partial charge in [-0.15, -0.1) is 0 Å². The normalized spacial score (nSPS) is 13.3. The first-order valence-electron chi connectivity index (χ1n) is 11.4. The van der Waals surface area contributed by atoms with Gasteiger partial charge in [0, 0.05) is 17.3 Å². The molecule has 8 heteroatoms. The smallest absolute Gasteiger partial charge is 0.216 e. The first-order valence-corrected chi connectivity index (χ1v) is 12.8. The third-order valence-electron chi connectivity index (χ3n) is 6.05. The summed E-state index contributed by atoms with van der Waals surface area (Å²) in [5.41, 5.74) is 4.31. The number of ether oxygens (including phenoxy) is 2. The number of fused-ring (bicyclic) bond motifs is 1. The maximum atomic E-state index is 13.4. The molecular formula is C28H23N3O4S. The van der Waals surface area contributed by atoms with Gasteiger partial charge in [-0.2, -0.15) is 10.4 Å². The fourth-order valence-electron chi connectivity index (χ4n) is 3.94. The molecule has 0 N–H and O–H groups in total. The number of benzene rings is 3. The number of nitriles is 1. The Bertz CT molecular complexity index is 1630. The van der Waals surface area contributed by atoms with Crippen LogP contribution in [0.1, 0.15) is 16.7 Å². The largest absolute Gasteiger partial charge is 0.486 e. The number of para-hydroxylation sites is 1. The average Bonchev–Trinajstić information content (AvgIpc) is 3.33. The van der Waals surface area contributed by atoms with E-state index in [1.807, 2.05) is 62.4 Å². The van der Waals surface area contributed by atoms with Gasteiger partial charge in [0.2, 0.25) is 9.84 Å². The summed E-state index contributed by atoms with van der Waals surface area (Å²) >= 11 is 0. The lowest BCUT2D eigenvalue weighted by Crippen LogP contribution is -2.15. The lowest BCUT2D eigenvalue weighted by atomic mass is 10.1. The predicted molar refractivity (Wildman–Crippen MR) is 137 cm³/mol. The van der Waals surface area contributed by atoms with E-state index in [4.69, 9.17) is 14.6 Å². The van der Waals surface area contributed by atoms with Crippen molar-refractivity contribution in [3.05, 3.63) is 94.5 Å². The van der Waals surface area contributed by atoms with Crippen molar-refractivity contribution in [2.75, 3.05) is 13.2 Å². The van der Waals surface area contributed by atoms with Crippen molar-refractivity contribution in [2.45, 2.75) is 18.7 Å². The van der Waals surface area contributed by atoms with Crippen molar-refractivity contribution in [3.8, 4) is 34.5 Å². The van der Waals surface area contributed by atoms with Crippen LogP contribution in [-0.2, 0) is 9.84 Å². The van der Waals surface area contributed by atoms with Crippen LogP contribution in [0, 0.1) is 25.2 Å². The van der Waals surface area contributed by atoms with E-state index in [1.165, 1.54) is 12.1 Å². The molecular weight excluding hydrogens is 474 g/mol. The summed E-state index contributed by atoms with van der Waals surface area (Å²) in [6.45, 7) is 4.66. The maximum absolute atomic E-state index is 13.4. The van der Waals surface area contributed by atoms with E-state index in [0.717, 1.165) is 16.8 Å². The first kappa shape index (κ1) is 23.4. The lowest BCUT2D eigenvalue weighted by Gasteiger charge is -2.18. The Kier molecular flexibility index (Phi) is 6.08. The SMILES string of the molecule is Cc1ccc(S(=O)(=O)/C(C#N)=C/c2cn(-c3ccccc3)nc2-c2ccc3c(c2)OCCO3)cc1C. The van der Waals surface area contributed by atoms with Gasteiger partial charge in [0.05, 0.1) is 10.6 Å². The van der Waals surface area contributed by atoms with E-state index in [2.05, 4.69) is 0 Å². The van der Waals surface area contributed by atoms with Gasteiger partial charge in [0.25, 0.3) is 0 Å². The number of hydrogen-bond acceptors (Lipinski definition) is 6. The molecule has 3 aromatic carbocycles. The number of allylic oxidation sites excluding steroid dienone is 1. The first-order chi connectivity index (χ1) is 17.4. The number of sulfone groups is 1. The van der Waals surface area contributed by atoms with Crippen LogP contribution in [0.25, 0.3) is 23.0 Å². The highest BCUT2D eigenvalue weighted by Gasteiger charge is 2.23. The molecule has 4 aromatic rings. The molecule has 180 valence electrons. The molecule has 1 aliphatic rings. The fourth-order valence-corrected chi connectivity index (χ4v) is 5.18. The van der Waals surface area contributed by atoms with Gasteiger partial charge in [-0.25, -0.2) is 13.1 Å². The lowest BCUT2D eigenvalue weighted by molar-refractivity contribution is 0.171. The van der Waals surface area contributed by atoms with E-state index in [9.17, 15) is 13.7 Å². The molecule has 0 radical (unpaired) electrons. The number of hydrogen-bond donors (Lipinski definition) is 0. The Morgan fingerprint density at radius 3 is 2.44 bits per heavy atom. The van der Waals surface area contributed by atoms with Crippen LogP contribution in [0.2, 0.25) is 0 Å². The van der Waals surface area contributed by atoms with Gasteiger partial charge < -0.3 is 9.47 Å². The molecule has 0 bridgehead atoms. The minimum Gasteiger partial charge on any atom is -0.486 e. The molecule has 0 atom stereocenters. The number of rotatable bonds is 5. The monoisotopic (exact) mass is 497 g/mol. The van der Waals surface area contributed by atoms with Crippen LogP contribution >= 0.6 is 0 Å². The molecule has 0 saturated carbocycles. The molecule has 7 nitrogen and oxygen atoms in total. The minimum absolute atomic E-state index is 0.0785. The number of aryl methyl sites for hydroxylation is 2. The Balaban J connectivity index is 1.66. The zero-order chi connectivity index (χ0) is 25.3. The zero-order valence-corrected chi connectivity index (χ0v) is 20.6. The van der Waals surface area contributed by atoms with Crippen molar-refractivity contribution < 1.29 is 17.9 Å². The van der Waals surface area contributed by atoms with Crippen molar-refractivity contribution in [1.29, 1.82) is 5.26 Å². The molecule has 0 amide bonds. The predicted octanol–water partition coefficient (Wildman–Crippen LogP) is 5.27. The van der Waals surface area contributed by atoms with Crippen LogP contribution in [0.4, 0.5) is 0 Å². The topological polar surface area (TPSA) is 94.2 Å². The highest BCUT2D eigenvalue weighted by molar-refractivity contribution is 7.95. The van der Waals surface area contributed by atoms with Crippen molar-refractivity contribution in [3.63, 3.8) is 0 Å². The molecule has 0 spiro atoms. The summed E-state index contributed by atoms with van der Waals surface area (Å²) in [5, 5.41) is 14.6. The molecule has 2 heterocycles. The molecule has 5 rings (SSSR count). The van der Waals surface area contributed by atoms with E-state index in [-0.39, 0.29) is 9.80 Å². The van der Waals surface area contributed by atoms with Gasteiger partial charge in [0.15, 0.2) is 11.5 Å². The Morgan fingerprint density at radius 2 is 1.72 bits per heavy atom. The summed E-state index contributed by atoms with van der Waals surface area (Å²) in [5.74, 6) is 1.23. The maximum Gasteiger partial charge on any atom is 0.216 e. The fraction of sp³-hybridized carbons (Fsp3) is 0.143. The van der Waals surface area contributed by atoms with E-state index < -0.39 is 9.84 Å². The molecule has 0 fully saturated rings. The second kappa shape index (κ2) is 9.36.